The Hall–Kier alpha value is -0.620. The first kappa shape index (κ1) is 12.8. The molecule has 17 heavy (non-hydrogen) atoms. The molecule has 1 atom stereocenters. The van der Waals surface area contributed by atoms with E-state index in [1.54, 1.807) is 0 Å². The molecule has 0 spiro atoms. The summed E-state index contributed by atoms with van der Waals surface area (Å²) < 4.78 is 1.07. The second-order valence-electron chi connectivity index (χ2n) is 4.49. The molecule has 0 aliphatic carbocycles. The molecule has 1 heterocycles. The number of amides is 1. The molecule has 1 aromatic carbocycles. The molecular weight excluding hydrogens is 327 g/mol. The maximum Gasteiger partial charge on any atom is 0.255 e. The van der Waals surface area contributed by atoms with Crippen LogP contribution in [-0.2, 0) is 0 Å². The van der Waals surface area contributed by atoms with Crippen LogP contribution in [0.3, 0.4) is 0 Å². The van der Waals surface area contributed by atoms with Crippen LogP contribution >= 0.6 is 22.6 Å². The van der Waals surface area contributed by atoms with E-state index in [1.165, 1.54) is 5.56 Å². The zero-order chi connectivity index (χ0) is 12.4. The second-order valence-corrected chi connectivity index (χ2v) is 5.57. The lowest BCUT2D eigenvalue weighted by molar-refractivity contribution is 0.0654. The summed E-state index contributed by atoms with van der Waals surface area (Å²) in [4.78, 5) is 14.4. The molecule has 0 bridgehead atoms. The van der Waals surface area contributed by atoms with Gasteiger partial charge < -0.3 is 10.2 Å². The van der Waals surface area contributed by atoms with Gasteiger partial charge in [0.15, 0.2) is 0 Å². The highest BCUT2D eigenvalue weighted by atomic mass is 127. The fourth-order valence-electron chi connectivity index (χ4n) is 2.11. The average Bonchev–Trinajstić information content (AvgIpc) is 2.32. The number of rotatable bonds is 1. The Morgan fingerprint density at radius 2 is 2.29 bits per heavy atom. The zero-order valence-corrected chi connectivity index (χ0v) is 12.3. The number of carbonyl (C=O) groups excluding carboxylic acids is 1. The van der Waals surface area contributed by atoms with Crippen LogP contribution in [0.2, 0.25) is 0 Å². The Balaban J connectivity index is 2.27. The van der Waals surface area contributed by atoms with Gasteiger partial charge in [-0.1, -0.05) is 12.1 Å². The van der Waals surface area contributed by atoms with Crippen molar-refractivity contribution in [3.63, 3.8) is 0 Å². The summed E-state index contributed by atoms with van der Waals surface area (Å²) in [6, 6.07) is 6.19. The number of hydrogen-bond acceptors (Lipinski definition) is 2. The molecule has 4 heteroatoms. The number of hydrogen-bond donors (Lipinski definition) is 1. The zero-order valence-electron chi connectivity index (χ0n) is 10.2. The van der Waals surface area contributed by atoms with Crippen LogP contribution in [0.4, 0.5) is 0 Å². The van der Waals surface area contributed by atoms with Crippen LogP contribution in [0, 0.1) is 10.5 Å². The van der Waals surface area contributed by atoms with E-state index in [4.69, 9.17) is 0 Å². The number of benzene rings is 1. The molecule has 1 aromatic rings. The summed E-state index contributed by atoms with van der Waals surface area (Å²) in [5, 5.41) is 3.30. The predicted molar refractivity (Wildman–Crippen MR) is 77.3 cm³/mol. The normalized spacial score (nSPS) is 20.4. The van der Waals surface area contributed by atoms with E-state index in [0.29, 0.717) is 0 Å². The van der Waals surface area contributed by atoms with Gasteiger partial charge in [-0.3, -0.25) is 4.79 Å². The highest BCUT2D eigenvalue weighted by molar-refractivity contribution is 14.1. The molecule has 1 aliphatic rings. The van der Waals surface area contributed by atoms with Gasteiger partial charge in [0, 0.05) is 29.2 Å². The monoisotopic (exact) mass is 344 g/mol. The van der Waals surface area contributed by atoms with E-state index in [9.17, 15) is 4.79 Å². The Bertz CT molecular complexity index is 433. The lowest BCUT2D eigenvalue weighted by Crippen LogP contribution is -2.52. The standard InChI is InChI=1S/C13H17IN2O/c1-9-4-3-5-11(12(9)14)13(17)16-7-6-15-8-10(16)2/h3-5,10,15H,6-8H2,1-2H3. The minimum absolute atomic E-state index is 0.159. The first-order valence-corrected chi connectivity index (χ1v) is 6.96. The number of nitrogens with one attached hydrogen (secondary N) is 1. The van der Waals surface area contributed by atoms with Gasteiger partial charge in [-0.25, -0.2) is 0 Å². The van der Waals surface area contributed by atoms with Gasteiger partial charge in [-0.2, -0.15) is 0 Å². The van der Waals surface area contributed by atoms with Crippen LogP contribution in [0.15, 0.2) is 18.2 Å². The second kappa shape index (κ2) is 5.35. The molecule has 1 N–H and O–H groups in total. The fourth-order valence-corrected chi connectivity index (χ4v) is 2.70. The summed E-state index contributed by atoms with van der Waals surface area (Å²) in [7, 11) is 0. The number of piperazine rings is 1. The van der Waals surface area contributed by atoms with Crippen LogP contribution in [-0.4, -0.2) is 36.5 Å². The van der Waals surface area contributed by atoms with Crippen molar-refractivity contribution in [2.24, 2.45) is 0 Å². The molecule has 1 fully saturated rings. The quantitative estimate of drug-likeness (QED) is 0.791. The van der Waals surface area contributed by atoms with E-state index in [2.05, 4.69) is 34.8 Å². The van der Waals surface area contributed by atoms with E-state index in [-0.39, 0.29) is 11.9 Å². The van der Waals surface area contributed by atoms with Crippen molar-refractivity contribution in [3.05, 3.63) is 32.9 Å². The summed E-state index contributed by atoms with van der Waals surface area (Å²) in [5.41, 5.74) is 2.00. The average molecular weight is 344 g/mol. The maximum atomic E-state index is 12.5. The molecule has 92 valence electrons. The predicted octanol–water partition coefficient (Wildman–Crippen LogP) is 2.03. The SMILES string of the molecule is Cc1cccc(C(=O)N2CCNCC2C)c1I. The van der Waals surface area contributed by atoms with Gasteiger partial charge in [0.25, 0.3) is 5.91 Å². The van der Waals surface area contributed by atoms with Gasteiger partial charge in [0.05, 0.1) is 5.56 Å². The highest BCUT2D eigenvalue weighted by Gasteiger charge is 2.25. The highest BCUT2D eigenvalue weighted by Crippen LogP contribution is 2.19. The summed E-state index contributed by atoms with van der Waals surface area (Å²) in [6.07, 6.45) is 0. The van der Waals surface area contributed by atoms with Crippen molar-refractivity contribution in [1.29, 1.82) is 0 Å². The third-order valence-electron chi connectivity index (χ3n) is 3.18. The Morgan fingerprint density at radius 1 is 1.53 bits per heavy atom. The minimum Gasteiger partial charge on any atom is -0.333 e. The lowest BCUT2D eigenvalue weighted by atomic mass is 10.1. The lowest BCUT2D eigenvalue weighted by Gasteiger charge is -2.34. The molecule has 0 radical (unpaired) electrons. The molecule has 0 aromatic heterocycles. The molecule has 1 unspecified atom stereocenters. The van der Waals surface area contributed by atoms with Crippen LogP contribution in [0.5, 0.6) is 0 Å². The maximum absolute atomic E-state index is 12.5. The topological polar surface area (TPSA) is 32.3 Å². The van der Waals surface area contributed by atoms with Gasteiger partial charge in [0.1, 0.15) is 0 Å². The largest absolute Gasteiger partial charge is 0.333 e. The van der Waals surface area contributed by atoms with E-state index < -0.39 is 0 Å². The van der Waals surface area contributed by atoms with E-state index >= 15 is 0 Å². The summed E-state index contributed by atoms with van der Waals surface area (Å²) >= 11 is 2.26. The van der Waals surface area contributed by atoms with E-state index in [1.807, 2.05) is 30.0 Å². The number of carbonyl (C=O) groups is 1. The van der Waals surface area contributed by atoms with Gasteiger partial charge in [-0.05, 0) is 48.1 Å². The molecule has 0 saturated carbocycles. The smallest absolute Gasteiger partial charge is 0.255 e. The Kier molecular flexibility index (Phi) is 4.04. The first-order valence-electron chi connectivity index (χ1n) is 5.88. The molecule has 1 aliphatic heterocycles. The molecule has 1 amide bonds. The van der Waals surface area contributed by atoms with Crippen molar-refractivity contribution in [1.82, 2.24) is 10.2 Å². The van der Waals surface area contributed by atoms with Crippen molar-refractivity contribution in [2.45, 2.75) is 19.9 Å². The molecule has 1 saturated heterocycles. The van der Waals surface area contributed by atoms with Crippen LogP contribution in [0.1, 0.15) is 22.8 Å². The third kappa shape index (κ3) is 2.63. The Morgan fingerprint density at radius 3 is 3.00 bits per heavy atom. The molecular formula is C13H17IN2O. The van der Waals surface area contributed by atoms with Gasteiger partial charge in [0.2, 0.25) is 0 Å². The van der Waals surface area contributed by atoms with Crippen LogP contribution < -0.4 is 5.32 Å². The van der Waals surface area contributed by atoms with Crippen LogP contribution in [0.25, 0.3) is 0 Å². The third-order valence-corrected chi connectivity index (χ3v) is 4.62. The number of nitrogens with zero attached hydrogens (tertiary/aromatic N) is 1. The fraction of sp³-hybridized carbons (Fsp3) is 0.462. The number of aryl methyl sites for hydroxylation is 1. The number of halogens is 1. The minimum atomic E-state index is 0.159. The summed E-state index contributed by atoms with van der Waals surface area (Å²) in [5.74, 6) is 0.159. The van der Waals surface area contributed by atoms with Crippen molar-refractivity contribution in [3.8, 4) is 0 Å². The summed E-state index contributed by atoms with van der Waals surface area (Å²) in [6.45, 7) is 6.70. The van der Waals surface area contributed by atoms with Crippen molar-refractivity contribution >= 4 is 28.5 Å². The van der Waals surface area contributed by atoms with Crippen molar-refractivity contribution in [2.75, 3.05) is 19.6 Å². The Labute approximate surface area is 116 Å². The van der Waals surface area contributed by atoms with Gasteiger partial charge in [-0.15, -0.1) is 0 Å². The molecule has 2 rings (SSSR count). The van der Waals surface area contributed by atoms with Crippen molar-refractivity contribution < 1.29 is 4.79 Å². The van der Waals surface area contributed by atoms with Gasteiger partial charge >= 0.3 is 0 Å². The molecule has 3 nitrogen and oxygen atoms in total. The first-order chi connectivity index (χ1) is 8.11. The van der Waals surface area contributed by atoms with E-state index in [0.717, 1.165) is 28.8 Å².